The monoisotopic (exact) mass is 292 g/mol. The van der Waals surface area contributed by atoms with E-state index in [0.717, 1.165) is 19.4 Å². The minimum atomic E-state index is -0.582. The van der Waals surface area contributed by atoms with Crippen molar-refractivity contribution in [2.24, 2.45) is 0 Å². The van der Waals surface area contributed by atoms with Crippen LogP contribution < -0.4 is 11.1 Å². The molecule has 7 nitrogen and oxygen atoms in total. The number of rotatable bonds is 4. The molecule has 114 valence electrons. The maximum Gasteiger partial charge on any atom is 0.292 e. The van der Waals surface area contributed by atoms with Crippen molar-refractivity contribution in [2.75, 3.05) is 25.9 Å². The maximum atomic E-state index is 12.2. The highest BCUT2D eigenvalue weighted by molar-refractivity contribution is 6.00. The van der Waals surface area contributed by atoms with E-state index in [9.17, 15) is 14.9 Å². The zero-order valence-corrected chi connectivity index (χ0v) is 12.0. The Morgan fingerprint density at radius 1 is 1.52 bits per heavy atom. The Balaban J connectivity index is 2.03. The quantitative estimate of drug-likeness (QED) is 0.496. The van der Waals surface area contributed by atoms with Gasteiger partial charge in [-0.15, -0.1) is 0 Å². The summed E-state index contributed by atoms with van der Waals surface area (Å²) in [5, 5.41) is 13.7. The Hall–Kier alpha value is -2.15. The molecule has 0 spiro atoms. The van der Waals surface area contributed by atoms with Gasteiger partial charge in [-0.2, -0.15) is 0 Å². The molecule has 1 aromatic rings. The molecule has 1 saturated heterocycles. The number of amides is 1. The molecule has 0 aromatic heterocycles. The number of carbonyl (C=O) groups excluding carboxylic acids is 1. The van der Waals surface area contributed by atoms with E-state index in [2.05, 4.69) is 10.2 Å². The number of likely N-dealkylation sites (tertiary alicyclic amines) is 1. The zero-order valence-electron chi connectivity index (χ0n) is 12.0. The van der Waals surface area contributed by atoms with Gasteiger partial charge in [0.25, 0.3) is 11.6 Å². The number of likely N-dealkylation sites (N-methyl/N-ethyl adjacent to an activating group) is 1. The highest BCUT2D eigenvalue weighted by Gasteiger charge is 2.22. The zero-order chi connectivity index (χ0) is 15.4. The minimum absolute atomic E-state index is 0.0861. The van der Waals surface area contributed by atoms with Gasteiger partial charge in [0.15, 0.2) is 0 Å². The van der Waals surface area contributed by atoms with E-state index in [1.807, 2.05) is 7.05 Å². The van der Waals surface area contributed by atoms with Crippen molar-refractivity contribution in [2.45, 2.75) is 25.3 Å². The van der Waals surface area contributed by atoms with Gasteiger partial charge in [-0.1, -0.05) is 12.5 Å². The number of nitro groups is 1. The maximum absolute atomic E-state index is 12.2. The lowest BCUT2D eigenvalue weighted by Crippen LogP contribution is -2.44. The number of nitrogens with zero attached hydrogens (tertiary/aromatic N) is 2. The number of nitrogens with two attached hydrogens (primary N) is 1. The molecule has 21 heavy (non-hydrogen) atoms. The molecule has 0 radical (unpaired) electrons. The summed E-state index contributed by atoms with van der Waals surface area (Å²) >= 11 is 0. The van der Waals surface area contributed by atoms with Crippen molar-refractivity contribution >= 4 is 17.3 Å². The summed E-state index contributed by atoms with van der Waals surface area (Å²) in [6, 6.07) is 4.57. The Morgan fingerprint density at radius 3 is 2.95 bits per heavy atom. The summed E-state index contributed by atoms with van der Waals surface area (Å²) < 4.78 is 0. The first kappa shape index (κ1) is 15.2. The van der Waals surface area contributed by atoms with Crippen LogP contribution in [0.5, 0.6) is 0 Å². The van der Waals surface area contributed by atoms with Gasteiger partial charge >= 0.3 is 0 Å². The molecule has 2 rings (SSSR count). The van der Waals surface area contributed by atoms with Crippen LogP contribution in [-0.4, -0.2) is 41.9 Å². The molecule has 1 unspecified atom stereocenters. The number of benzene rings is 1. The topological polar surface area (TPSA) is 102 Å². The van der Waals surface area contributed by atoms with Gasteiger partial charge in [-0.3, -0.25) is 14.9 Å². The van der Waals surface area contributed by atoms with Gasteiger partial charge in [0.2, 0.25) is 0 Å². The highest BCUT2D eigenvalue weighted by Crippen LogP contribution is 2.24. The van der Waals surface area contributed by atoms with Crippen molar-refractivity contribution < 1.29 is 9.72 Å². The van der Waals surface area contributed by atoms with Gasteiger partial charge < -0.3 is 16.0 Å². The van der Waals surface area contributed by atoms with Crippen molar-refractivity contribution in [1.82, 2.24) is 10.2 Å². The first-order valence-electron chi connectivity index (χ1n) is 7.02. The summed E-state index contributed by atoms with van der Waals surface area (Å²) in [4.78, 5) is 24.6. The van der Waals surface area contributed by atoms with Gasteiger partial charge in [-0.05, 0) is 32.5 Å². The van der Waals surface area contributed by atoms with Crippen LogP contribution in [0.25, 0.3) is 0 Å². The molecule has 0 saturated carbocycles. The molecule has 1 fully saturated rings. The summed E-state index contributed by atoms with van der Waals surface area (Å²) in [6.45, 7) is 1.55. The second kappa shape index (κ2) is 6.53. The molecule has 0 bridgehead atoms. The predicted molar refractivity (Wildman–Crippen MR) is 80.1 cm³/mol. The normalized spacial score (nSPS) is 19.2. The number of nitrogen functional groups attached to an aromatic ring is 1. The average molecular weight is 292 g/mol. The van der Waals surface area contributed by atoms with E-state index in [0.29, 0.717) is 12.6 Å². The number of piperidine rings is 1. The summed E-state index contributed by atoms with van der Waals surface area (Å²) in [5.74, 6) is -0.366. The predicted octanol–water partition coefficient (Wildman–Crippen LogP) is 1.39. The molecule has 1 amide bonds. The van der Waals surface area contributed by atoms with Crippen LogP contribution in [0.2, 0.25) is 0 Å². The fraction of sp³-hybridized carbons (Fsp3) is 0.500. The van der Waals surface area contributed by atoms with Gasteiger partial charge in [0, 0.05) is 18.7 Å². The van der Waals surface area contributed by atoms with Crippen molar-refractivity contribution in [3.63, 3.8) is 0 Å². The summed E-state index contributed by atoms with van der Waals surface area (Å²) in [6.07, 6.45) is 3.38. The standard InChI is InChI=1S/C14H20N4O3/c1-17-8-3-2-5-10(17)9-16-14(19)11-6-4-7-12(13(11)15)18(20)21/h4,6-7,10H,2-3,5,8-9,15H2,1H3,(H,16,19). The van der Waals surface area contributed by atoms with Crippen molar-refractivity contribution in [3.05, 3.63) is 33.9 Å². The van der Waals surface area contributed by atoms with Crippen LogP contribution in [0, 0.1) is 10.1 Å². The largest absolute Gasteiger partial charge is 0.393 e. The summed E-state index contributed by atoms with van der Waals surface area (Å²) in [5.41, 5.74) is 5.54. The lowest BCUT2D eigenvalue weighted by molar-refractivity contribution is -0.383. The third-order valence-electron chi connectivity index (χ3n) is 3.94. The molecule has 1 aliphatic heterocycles. The first-order valence-corrected chi connectivity index (χ1v) is 7.02. The van der Waals surface area contributed by atoms with Crippen LogP contribution in [0.15, 0.2) is 18.2 Å². The van der Waals surface area contributed by atoms with E-state index in [-0.39, 0.29) is 22.8 Å². The third-order valence-corrected chi connectivity index (χ3v) is 3.94. The summed E-state index contributed by atoms with van der Waals surface area (Å²) in [7, 11) is 2.04. The van der Waals surface area contributed by atoms with Gasteiger partial charge in [0.1, 0.15) is 5.69 Å². The highest BCUT2D eigenvalue weighted by atomic mass is 16.6. The number of para-hydroxylation sites is 1. The Morgan fingerprint density at radius 2 is 2.29 bits per heavy atom. The second-order valence-electron chi connectivity index (χ2n) is 5.34. The molecule has 3 N–H and O–H groups in total. The number of nitro benzene ring substituents is 1. The molecule has 1 aliphatic rings. The Labute approximate surface area is 123 Å². The number of anilines is 1. The molecule has 1 aromatic carbocycles. The fourth-order valence-corrected chi connectivity index (χ4v) is 2.62. The first-order chi connectivity index (χ1) is 10.0. The average Bonchev–Trinajstić information content (AvgIpc) is 2.46. The number of hydrogen-bond acceptors (Lipinski definition) is 5. The van der Waals surface area contributed by atoms with Crippen LogP contribution in [0.1, 0.15) is 29.6 Å². The second-order valence-corrected chi connectivity index (χ2v) is 5.34. The molecular weight excluding hydrogens is 272 g/mol. The lowest BCUT2D eigenvalue weighted by atomic mass is 10.0. The SMILES string of the molecule is CN1CCCCC1CNC(=O)c1cccc([N+](=O)[O-])c1N. The third kappa shape index (κ3) is 3.49. The van der Waals surface area contributed by atoms with E-state index in [1.165, 1.54) is 24.6 Å². The van der Waals surface area contributed by atoms with Crippen LogP contribution in [-0.2, 0) is 0 Å². The fourth-order valence-electron chi connectivity index (χ4n) is 2.62. The van der Waals surface area contributed by atoms with Crippen LogP contribution >= 0.6 is 0 Å². The minimum Gasteiger partial charge on any atom is -0.393 e. The number of nitrogens with one attached hydrogen (secondary N) is 1. The Kier molecular flexibility index (Phi) is 4.74. The number of carbonyl (C=O) groups is 1. The molecule has 7 heteroatoms. The smallest absolute Gasteiger partial charge is 0.292 e. The van der Waals surface area contributed by atoms with Gasteiger partial charge in [-0.25, -0.2) is 0 Å². The number of hydrogen-bond donors (Lipinski definition) is 2. The van der Waals surface area contributed by atoms with Crippen LogP contribution in [0.3, 0.4) is 0 Å². The van der Waals surface area contributed by atoms with E-state index < -0.39 is 4.92 Å². The lowest BCUT2D eigenvalue weighted by Gasteiger charge is -2.32. The Bertz CT molecular complexity index is 547. The van der Waals surface area contributed by atoms with E-state index in [1.54, 1.807) is 0 Å². The molecule has 1 atom stereocenters. The van der Waals surface area contributed by atoms with E-state index >= 15 is 0 Å². The van der Waals surface area contributed by atoms with E-state index in [4.69, 9.17) is 5.73 Å². The molecular formula is C14H20N4O3. The van der Waals surface area contributed by atoms with Crippen LogP contribution in [0.4, 0.5) is 11.4 Å². The van der Waals surface area contributed by atoms with Crippen molar-refractivity contribution in [3.8, 4) is 0 Å². The van der Waals surface area contributed by atoms with Gasteiger partial charge in [0.05, 0.1) is 10.5 Å². The molecule has 1 heterocycles. The van der Waals surface area contributed by atoms with Crippen molar-refractivity contribution in [1.29, 1.82) is 0 Å². The molecule has 0 aliphatic carbocycles.